The van der Waals surface area contributed by atoms with Crippen molar-refractivity contribution >= 4 is 0 Å². The van der Waals surface area contributed by atoms with Gasteiger partial charge in [-0.15, -0.1) is 0 Å². The predicted octanol–water partition coefficient (Wildman–Crippen LogP) is -1.03. The number of rotatable bonds is 4. The SMILES string of the molecule is CNC1CCN(CC(O)CO)CC1F. The van der Waals surface area contributed by atoms with Crippen molar-refractivity contribution < 1.29 is 14.6 Å². The number of halogens is 1. The second kappa shape index (κ2) is 5.60. The van der Waals surface area contributed by atoms with E-state index in [1.54, 1.807) is 7.05 Å². The van der Waals surface area contributed by atoms with E-state index in [1.165, 1.54) is 0 Å². The zero-order valence-electron chi connectivity index (χ0n) is 8.49. The van der Waals surface area contributed by atoms with E-state index in [0.717, 1.165) is 13.0 Å². The Morgan fingerprint density at radius 2 is 2.36 bits per heavy atom. The number of hydrogen-bond acceptors (Lipinski definition) is 4. The fourth-order valence-corrected chi connectivity index (χ4v) is 1.81. The van der Waals surface area contributed by atoms with Crippen LogP contribution in [0.1, 0.15) is 6.42 Å². The Hall–Kier alpha value is -0.230. The van der Waals surface area contributed by atoms with Crippen molar-refractivity contribution in [1.29, 1.82) is 0 Å². The Balaban J connectivity index is 2.31. The third-order valence-corrected chi connectivity index (χ3v) is 2.68. The maximum absolute atomic E-state index is 13.4. The molecule has 0 aromatic carbocycles. The van der Waals surface area contributed by atoms with Gasteiger partial charge in [0.25, 0.3) is 0 Å². The van der Waals surface area contributed by atoms with Crippen molar-refractivity contribution in [2.75, 3.05) is 33.3 Å². The molecule has 0 radical (unpaired) electrons. The first-order valence-electron chi connectivity index (χ1n) is 5.00. The van der Waals surface area contributed by atoms with Crippen molar-refractivity contribution in [2.45, 2.75) is 24.7 Å². The quantitative estimate of drug-likeness (QED) is 0.550. The summed E-state index contributed by atoms with van der Waals surface area (Å²) in [6, 6.07) is -0.0717. The molecular weight excluding hydrogens is 187 g/mol. The van der Waals surface area contributed by atoms with Crippen LogP contribution in [0, 0.1) is 0 Å². The highest BCUT2D eigenvalue weighted by Gasteiger charge is 2.28. The summed E-state index contributed by atoms with van der Waals surface area (Å²) in [5, 5.41) is 20.8. The zero-order chi connectivity index (χ0) is 10.6. The monoisotopic (exact) mass is 206 g/mol. The van der Waals surface area contributed by atoms with E-state index in [-0.39, 0.29) is 12.6 Å². The summed E-state index contributed by atoms with van der Waals surface area (Å²) in [4.78, 5) is 1.85. The molecule has 1 aliphatic heterocycles. The molecule has 0 aromatic rings. The van der Waals surface area contributed by atoms with Gasteiger partial charge in [0.15, 0.2) is 0 Å². The van der Waals surface area contributed by atoms with Gasteiger partial charge in [0.2, 0.25) is 0 Å². The summed E-state index contributed by atoms with van der Waals surface area (Å²) in [7, 11) is 1.76. The van der Waals surface area contributed by atoms with Crippen molar-refractivity contribution in [1.82, 2.24) is 10.2 Å². The van der Waals surface area contributed by atoms with Gasteiger partial charge in [-0.3, -0.25) is 4.90 Å². The van der Waals surface area contributed by atoms with Crippen LogP contribution in [0.2, 0.25) is 0 Å². The molecule has 1 rings (SSSR count). The number of hydrogen-bond donors (Lipinski definition) is 3. The molecule has 0 aromatic heterocycles. The molecule has 14 heavy (non-hydrogen) atoms. The maximum atomic E-state index is 13.4. The first kappa shape index (κ1) is 11.8. The average molecular weight is 206 g/mol. The third kappa shape index (κ3) is 3.16. The van der Waals surface area contributed by atoms with E-state index in [2.05, 4.69) is 5.32 Å². The number of likely N-dealkylation sites (tertiary alicyclic amines) is 1. The summed E-state index contributed by atoms with van der Waals surface area (Å²) in [5.41, 5.74) is 0. The van der Waals surface area contributed by atoms with E-state index < -0.39 is 12.3 Å². The van der Waals surface area contributed by atoms with Crippen LogP contribution in [-0.4, -0.2) is 66.7 Å². The van der Waals surface area contributed by atoms with Crippen LogP contribution >= 0.6 is 0 Å². The molecule has 84 valence electrons. The molecule has 3 unspecified atom stereocenters. The third-order valence-electron chi connectivity index (χ3n) is 2.68. The highest BCUT2D eigenvalue weighted by molar-refractivity contribution is 4.85. The molecule has 0 aliphatic carbocycles. The number of piperidine rings is 1. The van der Waals surface area contributed by atoms with Crippen molar-refractivity contribution in [3.63, 3.8) is 0 Å². The number of nitrogens with zero attached hydrogens (tertiary/aromatic N) is 1. The maximum Gasteiger partial charge on any atom is 0.128 e. The minimum absolute atomic E-state index is 0.0717. The molecular formula is C9H19FN2O2. The number of aliphatic hydroxyl groups excluding tert-OH is 2. The standard InChI is InChI=1S/C9H19FN2O2/c1-11-9-2-3-12(5-8(9)10)4-7(14)6-13/h7-9,11,13-14H,2-6H2,1H3. The molecule has 1 heterocycles. The molecule has 0 amide bonds. The Kier molecular flexibility index (Phi) is 4.74. The van der Waals surface area contributed by atoms with Crippen LogP contribution in [-0.2, 0) is 0 Å². The van der Waals surface area contributed by atoms with Gasteiger partial charge in [-0.25, -0.2) is 4.39 Å². The van der Waals surface area contributed by atoms with Gasteiger partial charge in [0.1, 0.15) is 6.17 Å². The lowest BCUT2D eigenvalue weighted by Gasteiger charge is -2.35. The Morgan fingerprint density at radius 3 is 2.86 bits per heavy atom. The minimum Gasteiger partial charge on any atom is -0.394 e. The molecule has 4 nitrogen and oxygen atoms in total. The fourth-order valence-electron chi connectivity index (χ4n) is 1.81. The van der Waals surface area contributed by atoms with Gasteiger partial charge < -0.3 is 15.5 Å². The summed E-state index contributed by atoms with van der Waals surface area (Å²) in [5.74, 6) is 0. The highest BCUT2D eigenvalue weighted by atomic mass is 19.1. The average Bonchev–Trinajstić information content (AvgIpc) is 2.18. The van der Waals surface area contributed by atoms with Crippen molar-refractivity contribution in [3.8, 4) is 0 Å². The zero-order valence-corrected chi connectivity index (χ0v) is 8.49. The molecule has 0 saturated carbocycles. The first-order valence-corrected chi connectivity index (χ1v) is 5.00. The van der Waals surface area contributed by atoms with E-state index in [4.69, 9.17) is 5.11 Å². The number of nitrogens with one attached hydrogen (secondary N) is 1. The predicted molar refractivity (Wildman–Crippen MR) is 51.9 cm³/mol. The lowest BCUT2D eigenvalue weighted by molar-refractivity contribution is 0.0314. The van der Waals surface area contributed by atoms with Crippen molar-refractivity contribution in [3.05, 3.63) is 0 Å². The van der Waals surface area contributed by atoms with Crippen molar-refractivity contribution in [2.24, 2.45) is 0 Å². The smallest absolute Gasteiger partial charge is 0.128 e. The van der Waals surface area contributed by atoms with E-state index in [1.807, 2.05) is 4.90 Å². The van der Waals surface area contributed by atoms with Gasteiger partial charge in [0.05, 0.1) is 12.7 Å². The Bertz CT molecular complexity index is 171. The summed E-state index contributed by atoms with van der Waals surface area (Å²) in [6.45, 7) is 1.20. The largest absolute Gasteiger partial charge is 0.394 e. The molecule has 3 atom stereocenters. The van der Waals surface area contributed by atoms with Gasteiger partial charge in [-0.05, 0) is 20.0 Å². The van der Waals surface area contributed by atoms with Gasteiger partial charge >= 0.3 is 0 Å². The molecule has 3 N–H and O–H groups in total. The van der Waals surface area contributed by atoms with Crippen LogP contribution < -0.4 is 5.32 Å². The number of β-amino-alcohol motifs (C(OH)–C–C–N with tert-alkyl or cyclic N) is 1. The van der Waals surface area contributed by atoms with Crippen LogP contribution in [0.15, 0.2) is 0 Å². The first-order chi connectivity index (χ1) is 6.67. The van der Waals surface area contributed by atoms with E-state index in [0.29, 0.717) is 13.1 Å². The highest BCUT2D eigenvalue weighted by Crippen LogP contribution is 2.13. The normalized spacial score (nSPS) is 31.7. The Labute approximate surface area is 83.7 Å². The molecule has 1 aliphatic rings. The lowest BCUT2D eigenvalue weighted by atomic mass is 10.0. The molecule has 0 bridgehead atoms. The Morgan fingerprint density at radius 1 is 1.64 bits per heavy atom. The van der Waals surface area contributed by atoms with E-state index in [9.17, 15) is 9.50 Å². The van der Waals surface area contributed by atoms with E-state index >= 15 is 0 Å². The number of aliphatic hydroxyl groups is 2. The molecule has 0 spiro atoms. The van der Waals surface area contributed by atoms with Crippen LogP contribution in [0.25, 0.3) is 0 Å². The molecule has 5 heteroatoms. The van der Waals surface area contributed by atoms with Gasteiger partial charge in [-0.2, -0.15) is 0 Å². The minimum atomic E-state index is -0.889. The lowest BCUT2D eigenvalue weighted by Crippen LogP contribution is -2.51. The summed E-state index contributed by atoms with van der Waals surface area (Å²) in [6.07, 6.45) is -0.900. The topological polar surface area (TPSA) is 55.7 Å². The van der Waals surface area contributed by atoms with Gasteiger partial charge in [-0.1, -0.05) is 0 Å². The van der Waals surface area contributed by atoms with Crippen LogP contribution in [0.4, 0.5) is 4.39 Å². The second-order valence-electron chi connectivity index (χ2n) is 3.80. The summed E-state index contributed by atoms with van der Waals surface area (Å²) >= 11 is 0. The molecule has 1 fully saturated rings. The second-order valence-corrected chi connectivity index (χ2v) is 3.80. The number of alkyl halides is 1. The molecule has 1 saturated heterocycles. The fraction of sp³-hybridized carbons (Fsp3) is 1.00. The van der Waals surface area contributed by atoms with Gasteiger partial charge in [0, 0.05) is 19.1 Å². The summed E-state index contributed by atoms with van der Waals surface area (Å²) < 4.78 is 13.4. The van der Waals surface area contributed by atoms with Crippen LogP contribution in [0.3, 0.4) is 0 Å². The van der Waals surface area contributed by atoms with Crippen LogP contribution in [0.5, 0.6) is 0 Å².